The highest BCUT2D eigenvalue weighted by molar-refractivity contribution is 5.64. The average molecular weight is 281 g/mol. The third-order valence-corrected chi connectivity index (χ3v) is 4.52. The molecular formula is C18H23N3. The maximum absolute atomic E-state index is 4.90. The number of nitrogens with zero attached hydrogens (tertiary/aromatic N) is 2. The Morgan fingerprint density at radius 3 is 2.62 bits per heavy atom. The summed E-state index contributed by atoms with van der Waals surface area (Å²) < 4.78 is 0. The summed E-state index contributed by atoms with van der Waals surface area (Å²) in [6.45, 7) is 4.29. The van der Waals surface area contributed by atoms with Gasteiger partial charge in [0.1, 0.15) is 5.82 Å². The molecule has 1 aromatic heterocycles. The number of aromatic nitrogens is 2. The van der Waals surface area contributed by atoms with Crippen LogP contribution in [0.25, 0.3) is 11.4 Å². The maximum atomic E-state index is 4.90. The predicted molar refractivity (Wildman–Crippen MR) is 87.7 cm³/mol. The molecule has 1 N–H and O–H groups in total. The molecule has 110 valence electrons. The Hall–Kier alpha value is -1.90. The largest absolute Gasteiger partial charge is 0.373 e. The van der Waals surface area contributed by atoms with E-state index in [1.54, 1.807) is 0 Å². The van der Waals surface area contributed by atoms with Crippen LogP contribution >= 0.6 is 0 Å². The number of hydrogen-bond acceptors (Lipinski definition) is 3. The van der Waals surface area contributed by atoms with Crippen molar-refractivity contribution in [2.45, 2.75) is 46.0 Å². The third-order valence-electron chi connectivity index (χ3n) is 4.52. The zero-order valence-electron chi connectivity index (χ0n) is 13.2. The van der Waals surface area contributed by atoms with Gasteiger partial charge in [-0.05, 0) is 50.7 Å². The predicted octanol–water partition coefficient (Wildman–Crippen LogP) is 4.07. The molecule has 1 aliphatic rings. The van der Waals surface area contributed by atoms with Crippen LogP contribution in [-0.2, 0) is 12.8 Å². The number of aryl methyl sites for hydroxylation is 2. The third kappa shape index (κ3) is 2.65. The van der Waals surface area contributed by atoms with Gasteiger partial charge in [0.15, 0.2) is 5.82 Å². The second-order valence-electron chi connectivity index (χ2n) is 5.88. The fraction of sp³-hybridized carbons (Fsp3) is 0.444. The lowest BCUT2D eigenvalue weighted by Crippen LogP contribution is -2.07. The smallest absolute Gasteiger partial charge is 0.162 e. The summed E-state index contributed by atoms with van der Waals surface area (Å²) in [5.41, 5.74) is 6.27. The standard InChI is InChI=1S/C18H23N3/c1-12-8-7-10-14(13(12)2)18-20-16-11-6-4-5-9-15(16)17(19-3)21-18/h7-8,10H,4-6,9,11H2,1-3H3,(H,19,20,21). The minimum atomic E-state index is 0.862. The molecule has 3 nitrogen and oxygen atoms in total. The lowest BCUT2D eigenvalue weighted by atomic mass is 10.0. The maximum Gasteiger partial charge on any atom is 0.162 e. The first kappa shape index (κ1) is 14.1. The van der Waals surface area contributed by atoms with E-state index in [2.05, 4.69) is 37.4 Å². The van der Waals surface area contributed by atoms with Crippen LogP contribution in [0.4, 0.5) is 5.82 Å². The molecular weight excluding hydrogens is 258 g/mol. The van der Waals surface area contributed by atoms with Crippen molar-refractivity contribution in [1.82, 2.24) is 9.97 Å². The Bertz CT molecular complexity index is 662. The van der Waals surface area contributed by atoms with Gasteiger partial charge in [0, 0.05) is 23.9 Å². The van der Waals surface area contributed by atoms with Gasteiger partial charge in [0.25, 0.3) is 0 Å². The SMILES string of the molecule is CNc1nc(-c2cccc(C)c2C)nc2c1CCCCC2. The zero-order valence-corrected chi connectivity index (χ0v) is 13.2. The molecule has 0 spiro atoms. The molecule has 0 unspecified atom stereocenters. The lowest BCUT2D eigenvalue weighted by molar-refractivity contribution is 0.709. The lowest BCUT2D eigenvalue weighted by Gasteiger charge is -2.14. The summed E-state index contributed by atoms with van der Waals surface area (Å²) >= 11 is 0. The van der Waals surface area contributed by atoms with E-state index in [0.29, 0.717) is 0 Å². The van der Waals surface area contributed by atoms with Gasteiger partial charge in [-0.15, -0.1) is 0 Å². The highest BCUT2D eigenvalue weighted by Crippen LogP contribution is 2.29. The number of rotatable bonds is 2. The van der Waals surface area contributed by atoms with E-state index in [4.69, 9.17) is 9.97 Å². The fourth-order valence-corrected chi connectivity index (χ4v) is 3.09. The molecule has 21 heavy (non-hydrogen) atoms. The van der Waals surface area contributed by atoms with Crippen molar-refractivity contribution < 1.29 is 0 Å². The number of benzene rings is 1. The molecule has 0 radical (unpaired) electrons. The van der Waals surface area contributed by atoms with Crippen LogP contribution in [-0.4, -0.2) is 17.0 Å². The quantitative estimate of drug-likeness (QED) is 0.843. The molecule has 0 saturated carbocycles. The van der Waals surface area contributed by atoms with Crippen LogP contribution in [0.2, 0.25) is 0 Å². The fourth-order valence-electron chi connectivity index (χ4n) is 3.09. The molecule has 0 aliphatic heterocycles. The molecule has 1 heterocycles. The molecule has 0 saturated heterocycles. The molecule has 2 aromatic rings. The molecule has 3 heteroatoms. The normalized spacial score (nSPS) is 14.4. The summed E-state index contributed by atoms with van der Waals surface area (Å²) in [5.74, 6) is 1.87. The molecule has 1 aromatic carbocycles. The Morgan fingerprint density at radius 2 is 1.81 bits per heavy atom. The zero-order chi connectivity index (χ0) is 14.8. The van der Waals surface area contributed by atoms with Gasteiger partial charge in [-0.1, -0.05) is 24.6 Å². The van der Waals surface area contributed by atoms with Crippen molar-refractivity contribution in [1.29, 1.82) is 0 Å². The van der Waals surface area contributed by atoms with Gasteiger partial charge in [-0.25, -0.2) is 9.97 Å². The summed E-state index contributed by atoms with van der Waals surface area (Å²) in [5, 5.41) is 3.28. The summed E-state index contributed by atoms with van der Waals surface area (Å²) in [4.78, 5) is 9.70. The number of anilines is 1. The Balaban J connectivity index is 2.16. The second-order valence-corrected chi connectivity index (χ2v) is 5.88. The van der Waals surface area contributed by atoms with Crippen molar-refractivity contribution in [2.75, 3.05) is 12.4 Å². The van der Waals surface area contributed by atoms with Crippen molar-refractivity contribution in [3.8, 4) is 11.4 Å². The van der Waals surface area contributed by atoms with E-state index in [0.717, 1.165) is 30.0 Å². The van der Waals surface area contributed by atoms with Crippen LogP contribution < -0.4 is 5.32 Å². The summed E-state index contributed by atoms with van der Waals surface area (Å²) in [6, 6.07) is 6.35. The Labute approximate surface area is 126 Å². The van der Waals surface area contributed by atoms with E-state index >= 15 is 0 Å². The topological polar surface area (TPSA) is 37.8 Å². The van der Waals surface area contributed by atoms with E-state index in [1.807, 2.05) is 7.05 Å². The van der Waals surface area contributed by atoms with Gasteiger partial charge in [0.05, 0.1) is 0 Å². The van der Waals surface area contributed by atoms with Gasteiger partial charge >= 0.3 is 0 Å². The van der Waals surface area contributed by atoms with E-state index in [9.17, 15) is 0 Å². The van der Waals surface area contributed by atoms with E-state index < -0.39 is 0 Å². The summed E-state index contributed by atoms with van der Waals surface area (Å²) in [7, 11) is 1.96. The van der Waals surface area contributed by atoms with E-state index in [-0.39, 0.29) is 0 Å². The van der Waals surface area contributed by atoms with Crippen LogP contribution in [0, 0.1) is 13.8 Å². The van der Waals surface area contributed by atoms with Gasteiger partial charge in [-0.2, -0.15) is 0 Å². The molecule has 1 aliphatic carbocycles. The monoisotopic (exact) mass is 281 g/mol. The van der Waals surface area contributed by atoms with Gasteiger partial charge in [-0.3, -0.25) is 0 Å². The molecule has 0 fully saturated rings. The minimum absolute atomic E-state index is 0.862. The number of hydrogen-bond donors (Lipinski definition) is 1. The molecule has 0 bridgehead atoms. The van der Waals surface area contributed by atoms with Gasteiger partial charge < -0.3 is 5.32 Å². The summed E-state index contributed by atoms with van der Waals surface area (Å²) in [6.07, 6.45) is 5.94. The molecule has 3 rings (SSSR count). The van der Waals surface area contributed by atoms with Crippen molar-refractivity contribution in [3.05, 3.63) is 40.6 Å². The first-order chi connectivity index (χ1) is 10.2. The number of fused-ring (bicyclic) bond motifs is 1. The first-order valence-corrected chi connectivity index (χ1v) is 7.85. The highest BCUT2D eigenvalue weighted by Gasteiger charge is 2.17. The van der Waals surface area contributed by atoms with Crippen LogP contribution in [0.1, 0.15) is 41.6 Å². The van der Waals surface area contributed by atoms with Crippen molar-refractivity contribution in [3.63, 3.8) is 0 Å². The second kappa shape index (κ2) is 5.84. The highest BCUT2D eigenvalue weighted by atomic mass is 15.0. The average Bonchev–Trinajstić information content (AvgIpc) is 2.74. The van der Waals surface area contributed by atoms with Crippen molar-refractivity contribution >= 4 is 5.82 Å². The molecule has 0 atom stereocenters. The number of nitrogens with one attached hydrogen (secondary N) is 1. The molecule has 0 amide bonds. The van der Waals surface area contributed by atoms with Crippen LogP contribution in [0.5, 0.6) is 0 Å². The Kier molecular flexibility index (Phi) is 3.91. The first-order valence-electron chi connectivity index (χ1n) is 7.85. The van der Waals surface area contributed by atoms with E-state index in [1.165, 1.54) is 41.6 Å². The van der Waals surface area contributed by atoms with Crippen LogP contribution in [0.3, 0.4) is 0 Å². The minimum Gasteiger partial charge on any atom is -0.373 e. The Morgan fingerprint density at radius 1 is 1.00 bits per heavy atom. The van der Waals surface area contributed by atoms with Gasteiger partial charge in [0.2, 0.25) is 0 Å². The van der Waals surface area contributed by atoms with Crippen LogP contribution in [0.15, 0.2) is 18.2 Å². The van der Waals surface area contributed by atoms with Crippen molar-refractivity contribution in [2.24, 2.45) is 0 Å².